The molecular weight excluding hydrogens is 573 g/mol. The van der Waals surface area contributed by atoms with E-state index in [0.717, 1.165) is 16.1 Å². The Kier molecular flexibility index (Phi) is 11.2. The summed E-state index contributed by atoms with van der Waals surface area (Å²) < 4.78 is 32.0. The molecule has 3 rings (SSSR count). The van der Waals surface area contributed by atoms with Crippen LogP contribution in [0.25, 0.3) is 0 Å². The number of methoxy groups -OCH3 is 1. The zero-order chi connectivity index (χ0) is 29.3. The van der Waals surface area contributed by atoms with Crippen molar-refractivity contribution in [2.45, 2.75) is 32.4 Å². The molecule has 0 heterocycles. The first-order chi connectivity index (χ1) is 19.0. The highest BCUT2D eigenvalue weighted by atomic mass is 35.5. The number of hydrogen-bond acceptors (Lipinski definition) is 5. The molecule has 214 valence electrons. The first kappa shape index (κ1) is 31.3. The number of halogens is 2. The molecule has 8 nitrogen and oxygen atoms in total. The second-order valence-corrected chi connectivity index (χ2v) is 12.0. The fraction of sp³-hybridized carbons (Fsp3) is 0.310. The van der Waals surface area contributed by atoms with Gasteiger partial charge in [0.05, 0.1) is 24.1 Å². The van der Waals surface area contributed by atoms with Gasteiger partial charge in [-0.1, -0.05) is 72.6 Å². The van der Waals surface area contributed by atoms with Gasteiger partial charge in [-0.15, -0.1) is 0 Å². The number of nitrogens with zero attached hydrogens (tertiary/aromatic N) is 2. The number of hydrogen-bond donors (Lipinski definition) is 1. The Bertz CT molecular complexity index is 1420. The zero-order valence-electron chi connectivity index (χ0n) is 22.6. The average Bonchev–Trinajstić information content (AvgIpc) is 2.92. The van der Waals surface area contributed by atoms with E-state index >= 15 is 0 Å². The first-order valence-corrected chi connectivity index (χ1v) is 15.3. The third kappa shape index (κ3) is 8.61. The lowest BCUT2D eigenvalue weighted by atomic mass is 10.0. The fourth-order valence-corrected chi connectivity index (χ4v) is 5.59. The molecule has 1 atom stereocenters. The van der Waals surface area contributed by atoms with Gasteiger partial charge in [0, 0.05) is 24.5 Å². The topological polar surface area (TPSA) is 96.0 Å². The van der Waals surface area contributed by atoms with Crippen molar-refractivity contribution in [3.05, 3.63) is 94.0 Å². The third-order valence-electron chi connectivity index (χ3n) is 6.17. The van der Waals surface area contributed by atoms with E-state index in [4.69, 9.17) is 27.9 Å². The van der Waals surface area contributed by atoms with Gasteiger partial charge in [-0.3, -0.25) is 13.9 Å². The predicted octanol–water partition coefficient (Wildman–Crippen LogP) is 4.93. The number of benzene rings is 3. The van der Waals surface area contributed by atoms with E-state index in [-0.39, 0.29) is 29.6 Å². The van der Waals surface area contributed by atoms with Gasteiger partial charge in [0.2, 0.25) is 21.8 Å². The number of carbonyl (C=O) groups is 2. The Morgan fingerprint density at radius 2 is 1.68 bits per heavy atom. The molecule has 0 saturated heterocycles. The molecule has 1 N–H and O–H groups in total. The molecule has 40 heavy (non-hydrogen) atoms. The van der Waals surface area contributed by atoms with Crippen molar-refractivity contribution in [2.24, 2.45) is 0 Å². The highest BCUT2D eigenvalue weighted by Gasteiger charge is 2.33. The van der Waals surface area contributed by atoms with Crippen LogP contribution in [0.15, 0.2) is 72.8 Å². The molecule has 2 amide bonds. The standard InChI is InChI=1S/C29H33Cl2N3O5S/c1-4-15-32-29(36)27(17-21-9-6-5-7-10-21)33(19-22-11-8-12-24(16-22)39-2)28(35)20-34(40(3,37)38)26-14-13-23(30)18-25(26)31/h5-14,16,18,27H,4,15,17,19-20H2,1-3H3,(H,32,36). The van der Waals surface area contributed by atoms with Crippen LogP contribution in [0.1, 0.15) is 24.5 Å². The minimum atomic E-state index is -3.95. The number of rotatable bonds is 13. The maximum atomic E-state index is 14.1. The SMILES string of the molecule is CCCNC(=O)C(Cc1ccccc1)N(Cc1cccc(OC)c1)C(=O)CN(c1ccc(Cl)cc1Cl)S(C)(=O)=O. The molecule has 0 bridgehead atoms. The van der Waals surface area contributed by atoms with Gasteiger partial charge >= 0.3 is 0 Å². The van der Waals surface area contributed by atoms with Crippen LogP contribution in [0.4, 0.5) is 5.69 Å². The van der Waals surface area contributed by atoms with Crippen LogP contribution in [0.2, 0.25) is 10.0 Å². The summed E-state index contributed by atoms with van der Waals surface area (Å²) >= 11 is 12.4. The molecule has 0 aromatic heterocycles. The molecule has 0 radical (unpaired) electrons. The number of anilines is 1. The van der Waals surface area contributed by atoms with Crippen molar-refractivity contribution in [1.29, 1.82) is 0 Å². The molecular formula is C29H33Cl2N3O5S. The lowest BCUT2D eigenvalue weighted by Gasteiger charge is -2.33. The van der Waals surface area contributed by atoms with E-state index in [2.05, 4.69) is 5.32 Å². The lowest BCUT2D eigenvalue weighted by molar-refractivity contribution is -0.140. The first-order valence-electron chi connectivity index (χ1n) is 12.7. The smallest absolute Gasteiger partial charge is 0.244 e. The quantitative estimate of drug-likeness (QED) is 0.298. The van der Waals surface area contributed by atoms with Gasteiger partial charge in [-0.25, -0.2) is 8.42 Å². The Morgan fingerprint density at radius 3 is 2.30 bits per heavy atom. The van der Waals surface area contributed by atoms with E-state index in [1.54, 1.807) is 18.2 Å². The summed E-state index contributed by atoms with van der Waals surface area (Å²) in [5.74, 6) is -0.324. The normalized spacial score (nSPS) is 11.9. The maximum Gasteiger partial charge on any atom is 0.244 e. The number of ether oxygens (including phenoxy) is 1. The summed E-state index contributed by atoms with van der Waals surface area (Å²) in [6.45, 7) is 1.84. The highest BCUT2D eigenvalue weighted by molar-refractivity contribution is 7.92. The Labute approximate surface area is 245 Å². The van der Waals surface area contributed by atoms with Gasteiger partial charge in [0.15, 0.2) is 0 Å². The Morgan fingerprint density at radius 1 is 0.975 bits per heavy atom. The van der Waals surface area contributed by atoms with Crippen molar-refractivity contribution >= 4 is 50.7 Å². The highest BCUT2D eigenvalue weighted by Crippen LogP contribution is 2.31. The maximum absolute atomic E-state index is 14.1. The monoisotopic (exact) mass is 605 g/mol. The summed E-state index contributed by atoms with van der Waals surface area (Å²) in [4.78, 5) is 29.0. The molecule has 0 aliphatic carbocycles. The van der Waals surface area contributed by atoms with Gasteiger partial charge in [-0.2, -0.15) is 0 Å². The molecule has 0 aliphatic heterocycles. The molecule has 3 aromatic rings. The molecule has 11 heteroatoms. The van der Waals surface area contributed by atoms with E-state index in [0.29, 0.717) is 29.3 Å². The minimum Gasteiger partial charge on any atom is -0.497 e. The van der Waals surface area contributed by atoms with Crippen LogP contribution in [0, 0.1) is 0 Å². The zero-order valence-corrected chi connectivity index (χ0v) is 25.0. The second-order valence-electron chi connectivity index (χ2n) is 9.24. The van der Waals surface area contributed by atoms with Crippen LogP contribution < -0.4 is 14.4 Å². The predicted molar refractivity (Wildman–Crippen MR) is 159 cm³/mol. The van der Waals surface area contributed by atoms with E-state index in [1.165, 1.54) is 30.2 Å². The number of amides is 2. The molecule has 1 unspecified atom stereocenters. The molecule has 3 aromatic carbocycles. The summed E-state index contributed by atoms with van der Waals surface area (Å²) in [6, 6.07) is 19.9. The number of carbonyl (C=O) groups excluding carboxylic acids is 2. The summed E-state index contributed by atoms with van der Waals surface area (Å²) in [6.07, 6.45) is 1.93. The average molecular weight is 607 g/mol. The van der Waals surface area contributed by atoms with Gasteiger partial charge in [-0.05, 0) is 47.9 Å². The largest absolute Gasteiger partial charge is 0.497 e. The van der Waals surface area contributed by atoms with Gasteiger partial charge in [0.1, 0.15) is 18.3 Å². The minimum absolute atomic E-state index is 0.0407. The molecule has 0 saturated carbocycles. The third-order valence-corrected chi connectivity index (χ3v) is 7.83. The molecule has 0 spiro atoms. The van der Waals surface area contributed by atoms with Crippen molar-refractivity contribution in [2.75, 3.05) is 30.8 Å². The molecule has 0 fully saturated rings. The Balaban J connectivity index is 2.07. The van der Waals surface area contributed by atoms with E-state index in [9.17, 15) is 18.0 Å². The van der Waals surface area contributed by atoms with E-state index < -0.39 is 28.5 Å². The van der Waals surface area contributed by atoms with Crippen LogP contribution in [0.3, 0.4) is 0 Å². The number of nitrogens with one attached hydrogen (secondary N) is 1. The van der Waals surface area contributed by atoms with Crippen LogP contribution in [-0.2, 0) is 32.6 Å². The number of sulfonamides is 1. The fourth-order valence-electron chi connectivity index (χ4n) is 4.17. The summed E-state index contributed by atoms with van der Waals surface area (Å²) in [5.41, 5.74) is 1.67. The van der Waals surface area contributed by atoms with Gasteiger partial charge in [0.25, 0.3) is 0 Å². The van der Waals surface area contributed by atoms with Crippen LogP contribution >= 0.6 is 23.2 Å². The lowest BCUT2D eigenvalue weighted by Crippen LogP contribution is -2.53. The van der Waals surface area contributed by atoms with Crippen molar-refractivity contribution in [3.8, 4) is 5.75 Å². The Hall–Kier alpha value is -3.27. The van der Waals surface area contributed by atoms with Crippen molar-refractivity contribution in [3.63, 3.8) is 0 Å². The van der Waals surface area contributed by atoms with Crippen molar-refractivity contribution < 1.29 is 22.7 Å². The van der Waals surface area contributed by atoms with E-state index in [1.807, 2.05) is 43.3 Å². The van der Waals surface area contributed by atoms with Gasteiger partial charge < -0.3 is 15.0 Å². The second kappa shape index (κ2) is 14.4. The molecule has 0 aliphatic rings. The summed E-state index contributed by atoms with van der Waals surface area (Å²) in [7, 11) is -2.41. The van der Waals surface area contributed by atoms with Crippen LogP contribution in [0.5, 0.6) is 5.75 Å². The van der Waals surface area contributed by atoms with Crippen molar-refractivity contribution in [1.82, 2.24) is 10.2 Å². The summed E-state index contributed by atoms with van der Waals surface area (Å²) in [5, 5.41) is 3.30. The van der Waals surface area contributed by atoms with Crippen LogP contribution in [-0.4, -0.2) is 57.6 Å².